The molecule has 2 aromatic carbocycles. The smallest absolute Gasteiger partial charge is 0.271 e. The van der Waals surface area contributed by atoms with E-state index < -0.39 is 15.9 Å². The van der Waals surface area contributed by atoms with Gasteiger partial charge in [0, 0.05) is 11.5 Å². The molecule has 1 N–H and O–H groups in total. The van der Waals surface area contributed by atoms with Gasteiger partial charge in [-0.25, -0.2) is 12.8 Å². The predicted octanol–water partition coefficient (Wildman–Crippen LogP) is 2.83. The number of para-hydroxylation sites is 1. The van der Waals surface area contributed by atoms with E-state index in [0.717, 1.165) is 11.3 Å². The highest BCUT2D eigenvalue weighted by molar-refractivity contribution is 7.94. The van der Waals surface area contributed by atoms with Gasteiger partial charge in [-0.05, 0) is 35.2 Å². The van der Waals surface area contributed by atoms with E-state index in [1.54, 1.807) is 23.6 Å². The molecule has 138 valence electrons. The number of hydrogen-bond donors (Lipinski definition) is 1. The molecule has 0 aliphatic rings. The topological polar surface area (TPSA) is 94.0 Å². The standard InChI is InChI=1S/C18H14FN3O3S2/c19-14-9-7-13(8-10-14)12-20-21-18(23)15-4-1-2-5-16(15)22-27(24,25)17-6-3-11-26-17/h1-12,22H,(H,21,23)/p-1/b20-12-. The Morgan fingerprint density at radius 2 is 1.81 bits per heavy atom. The van der Waals surface area contributed by atoms with Gasteiger partial charge in [0.25, 0.3) is 10.0 Å². The van der Waals surface area contributed by atoms with Crippen LogP contribution in [0.25, 0.3) is 0 Å². The van der Waals surface area contributed by atoms with E-state index >= 15 is 0 Å². The summed E-state index contributed by atoms with van der Waals surface area (Å²) in [4.78, 5) is 0. The Kier molecular flexibility index (Phi) is 5.63. The van der Waals surface area contributed by atoms with Crippen molar-refractivity contribution in [1.29, 1.82) is 0 Å². The van der Waals surface area contributed by atoms with Crippen molar-refractivity contribution in [3.63, 3.8) is 0 Å². The number of rotatable bonds is 6. The molecule has 0 saturated heterocycles. The lowest BCUT2D eigenvalue weighted by Crippen LogP contribution is -2.22. The third-order valence-electron chi connectivity index (χ3n) is 3.39. The summed E-state index contributed by atoms with van der Waals surface area (Å²) in [5, 5.41) is 21.2. The summed E-state index contributed by atoms with van der Waals surface area (Å²) in [6, 6.07) is 14.7. The molecular formula is C18H13FN3O3S2-. The van der Waals surface area contributed by atoms with E-state index in [0.29, 0.717) is 5.56 Å². The van der Waals surface area contributed by atoms with Crippen molar-refractivity contribution >= 4 is 39.2 Å². The third kappa shape index (κ3) is 4.78. The molecule has 0 radical (unpaired) electrons. The molecule has 0 saturated carbocycles. The Balaban J connectivity index is 1.83. The summed E-state index contributed by atoms with van der Waals surface area (Å²) in [6.07, 6.45) is 1.30. The summed E-state index contributed by atoms with van der Waals surface area (Å²) in [5.74, 6) is -1.09. The zero-order chi connectivity index (χ0) is 19.3. The maximum atomic E-state index is 12.9. The molecule has 27 heavy (non-hydrogen) atoms. The molecule has 0 aliphatic heterocycles. The number of anilines is 1. The first-order valence-corrected chi connectivity index (χ1v) is 10.0. The van der Waals surface area contributed by atoms with E-state index in [-0.39, 0.29) is 21.3 Å². The van der Waals surface area contributed by atoms with Gasteiger partial charge >= 0.3 is 0 Å². The first-order valence-electron chi connectivity index (χ1n) is 7.65. The van der Waals surface area contributed by atoms with Crippen LogP contribution in [0.4, 0.5) is 10.1 Å². The number of nitrogens with zero attached hydrogens (tertiary/aromatic N) is 2. The van der Waals surface area contributed by atoms with Crippen LogP contribution >= 0.6 is 11.3 Å². The summed E-state index contributed by atoms with van der Waals surface area (Å²) < 4.78 is 40.1. The van der Waals surface area contributed by atoms with E-state index in [9.17, 15) is 17.9 Å². The Morgan fingerprint density at radius 3 is 2.52 bits per heavy atom. The molecule has 3 rings (SSSR count). The first kappa shape index (κ1) is 18.7. The minimum Gasteiger partial charge on any atom is -0.857 e. The Bertz CT molecular complexity index is 1080. The van der Waals surface area contributed by atoms with Crippen LogP contribution in [-0.4, -0.2) is 20.5 Å². The van der Waals surface area contributed by atoms with Gasteiger partial charge in [0.1, 0.15) is 10.0 Å². The average Bonchev–Trinajstić information content (AvgIpc) is 3.19. The summed E-state index contributed by atoms with van der Waals surface area (Å²) in [7, 11) is -3.79. The second-order valence-electron chi connectivity index (χ2n) is 5.28. The van der Waals surface area contributed by atoms with E-state index in [2.05, 4.69) is 14.9 Å². The van der Waals surface area contributed by atoms with Gasteiger partial charge in [-0.15, -0.1) is 11.3 Å². The van der Waals surface area contributed by atoms with Crippen molar-refractivity contribution < 1.29 is 17.9 Å². The molecule has 0 spiro atoms. The second-order valence-corrected chi connectivity index (χ2v) is 8.14. The lowest BCUT2D eigenvalue weighted by atomic mass is 10.2. The second kappa shape index (κ2) is 8.11. The Hall–Kier alpha value is -3.04. The van der Waals surface area contributed by atoms with Crippen molar-refractivity contribution in [3.8, 4) is 0 Å². The van der Waals surface area contributed by atoms with Crippen molar-refractivity contribution in [3.05, 3.63) is 83.0 Å². The first-order chi connectivity index (χ1) is 13.0. The van der Waals surface area contributed by atoms with E-state index in [4.69, 9.17) is 0 Å². The van der Waals surface area contributed by atoms with Crippen LogP contribution in [0.1, 0.15) is 11.1 Å². The highest BCUT2D eigenvalue weighted by Crippen LogP contribution is 2.22. The molecule has 6 nitrogen and oxygen atoms in total. The van der Waals surface area contributed by atoms with Gasteiger partial charge in [-0.2, -0.15) is 10.2 Å². The van der Waals surface area contributed by atoms with Crippen molar-refractivity contribution in [2.75, 3.05) is 4.72 Å². The molecule has 1 aromatic heterocycles. The highest BCUT2D eigenvalue weighted by atomic mass is 32.2. The molecule has 9 heteroatoms. The number of benzene rings is 2. The molecule has 0 bridgehead atoms. The van der Waals surface area contributed by atoms with Crippen molar-refractivity contribution in [2.24, 2.45) is 10.2 Å². The molecular weight excluding hydrogens is 389 g/mol. The zero-order valence-corrected chi connectivity index (χ0v) is 15.4. The van der Waals surface area contributed by atoms with Gasteiger partial charge in [0.2, 0.25) is 0 Å². The van der Waals surface area contributed by atoms with Crippen LogP contribution in [0.3, 0.4) is 0 Å². The lowest BCUT2D eigenvalue weighted by Gasteiger charge is -2.15. The van der Waals surface area contributed by atoms with E-state index in [1.807, 2.05) is 0 Å². The lowest BCUT2D eigenvalue weighted by molar-refractivity contribution is -0.213. The largest absolute Gasteiger partial charge is 0.857 e. The molecule has 1 heterocycles. The third-order valence-corrected chi connectivity index (χ3v) is 6.15. The highest BCUT2D eigenvalue weighted by Gasteiger charge is 2.16. The number of hydrogen-bond acceptors (Lipinski definition) is 6. The minimum atomic E-state index is -3.79. The van der Waals surface area contributed by atoms with Gasteiger partial charge in [0.05, 0.1) is 11.9 Å². The molecule has 0 aliphatic carbocycles. The van der Waals surface area contributed by atoms with Crippen LogP contribution in [0.2, 0.25) is 0 Å². The maximum Gasteiger partial charge on any atom is 0.271 e. The monoisotopic (exact) mass is 402 g/mol. The Labute approximate surface area is 159 Å². The maximum absolute atomic E-state index is 12.9. The van der Waals surface area contributed by atoms with Crippen LogP contribution < -0.4 is 9.83 Å². The number of halogens is 1. The number of sulfonamides is 1. The van der Waals surface area contributed by atoms with Crippen LogP contribution in [0.5, 0.6) is 0 Å². The zero-order valence-electron chi connectivity index (χ0n) is 13.7. The van der Waals surface area contributed by atoms with Gasteiger partial charge in [-0.1, -0.05) is 36.4 Å². The molecule has 3 aromatic rings. The van der Waals surface area contributed by atoms with Crippen molar-refractivity contribution in [1.82, 2.24) is 0 Å². The van der Waals surface area contributed by atoms with Gasteiger partial charge in [0.15, 0.2) is 0 Å². The van der Waals surface area contributed by atoms with E-state index in [1.165, 1.54) is 48.7 Å². The van der Waals surface area contributed by atoms with Crippen LogP contribution in [0.15, 0.2) is 80.5 Å². The fourth-order valence-corrected chi connectivity index (χ4v) is 4.19. The number of thiophene rings is 1. The SMILES string of the molecule is O=S(=O)(Nc1ccccc1C([O-])=N/N=C\c1ccc(F)cc1)c1cccs1. The quantitative estimate of drug-likeness (QED) is 0.390. The summed E-state index contributed by atoms with van der Waals surface area (Å²) in [6.45, 7) is 0. The van der Waals surface area contributed by atoms with Crippen LogP contribution in [0, 0.1) is 5.82 Å². The van der Waals surface area contributed by atoms with Crippen LogP contribution in [-0.2, 0) is 10.0 Å². The summed E-state index contributed by atoms with van der Waals surface area (Å²) in [5.41, 5.74) is 0.741. The minimum absolute atomic E-state index is 0.0638. The fraction of sp³-hybridized carbons (Fsp3) is 0. The number of nitrogens with one attached hydrogen (secondary N) is 1. The fourth-order valence-electron chi connectivity index (χ4n) is 2.12. The normalized spacial score (nSPS) is 12.4. The van der Waals surface area contributed by atoms with Gasteiger partial charge in [-0.3, -0.25) is 4.72 Å². The molecule has 0 fully saturated rings. The molecule has 0 amide bonds. The summed E-state index contributed by atoms with van der Waals surface area (Å²) >= 11 is 1.07. The Morgan fingerprint density at radius 1 is 1.07 bits per heavy atom. The predicted molar refractivity (Wildman–Crippen MR) is 102 cm³/mol. The van der Waals surface area contributed by atoms with Gasteiger partial charge < -0.3 is 5.11 Å². The van der Waals surface area contributed by atoms with Crippen molar-refractivity contribution in [2.45, 2.75) is 4.21 Å². The molecule has 0 unspecified atom stereocenters. The average molecular weight is 402 g/mol. The molecule has 0 atom stereocenters.